The zero-order valence-corrected chi connectivity index (χ0v) is 8.27. The predicted octanol–water partition coefficient (Wildman–Crippen LogP) is 2.04. The van der Waals surface area contributed by atoms with Crippen LogP contribution in [0.5, 0.6) is 11.5 Å². The number of phenols is 1. The van der Waals surface area contributed by atoms with Crippen LogP contribution in [0.1, 0.15) is 5.56 Å². The molecule has 0 aliphatic carbocycles. The first-order chi connectivity index (χ1) is 7.11. The third-order valence-corrected chi connectivity index (χ3v) is 1.99. The monoisotopic (exact) mass is 209 g/mol. The Labute approximate surface area is 86.8 Å². The maximum absolute atomic E-state index is 10.7. The molecule has 5 heteroatoms. The highest BCUT2D eigenvalue weighted by atomic mass is 16.6. The molecule has 1 aromatic carbocycles. The van der Waals surface area contributed by atoms with Gasteiger partial charge in [-0.3, -0.25) is 10.1 Å². The van der Waals surface area contributed by atoms with Crippen LogP contribution >= 0.6 is 0 Å². The first-order valence-electron chi connectivity index (χ1n) is 4.26. The summed E-state index contributed by atoms with van der Waals surface area (Å²) < 4.78 is 4.86. The van der Waals surface area contributed by atoms with Crippen molar-refractivity contribution in [3.63, 3.8) is 0 Å². The molecule has 0 heterocycles. The highest BCUT2D eigenvalue weighted by molar-refractivity contribution is 5.56. The van der Waals surface area contributed by atoms with Gasteiger partial charge in [0.1, 0.15) is 0 Å². The maximum atomic E-state index is 10.7. The van der Waals surface area contributed by atoms with Gasteiger partial charge < -0.3 is 9.84 Å². The van der Waals surface area contributed by atoms with Crippen molar-refractivity contribution in [1.82, 2.24) is 0 Å². The Morgan fingerprint density at radius 1 is 1.67 bits per heavy atom. The van der Waals surface area contributed by atoms with Crippen LogP contribution in [0.2, 0.25) is 0 Å². The summed E-state index contributed by atoms with van der Waals surface area (Å²) in [6.45, 7) is 3.48. The second-order valence-corrected chi connectivity index (χ2v) is 2.86. The third-order valence-electron chi connectivity index (χ3n) is 1.99. The number of aromatic hydroxyl groups is 1. The SMILES string of the molecule is C=CCc1c([N+](=O)[O-])ccc(OC)c1O. The second-order valence-electron chi connectivity index (χ2n) is 2.86. The van der Waals surface area contributed by atoms with E-state index in [0.717, 1.165) is 0 Å². The largest absolute Gasteiger partial charge is 0.504 e. The molecule has 0 aromatic heterocycles. The Morgan fingerprint density at radius 2 is 2.33 bits per heavy atom. The predicted molar refractivity (Wildman–Crippen MR) is 55.2 cm³/mol. The van der Waals surface area contributed by atoms with Gasteiger partial charge in [0.05, 0.1) is 17.6 Å². The van der Waals surface area contributed by atoms with E-state index in [2.05, 4.69) is 6.58 Å². The van der Waals surface area contributed by atoms with E-state index < -0.39 is 4.92 Å². The van der Waals surface area contributed by atoms with Gasteiger partial charge >= 0.3 is 0 Å². The summed E-state index contributed by atoms with van der Waals surface area (Å²) in [5.74, 6) is 0.0176. The van der Waals surface area contributed by atoms with Crippen molar-refractivity contribution in [2.45, 2.75) is 6.42 Å². The van der Waals surface area contributed by atoms with Crippen LogP contribution in [-0.4, -0.2) is 17.1 Å². The molecule has 5 nitrogen and oxygen atoms in total. The number of hydrogen-bond acceptors (Lipinski definition) is 4. The van der Waals surface area contributed by atoms with E-state index in [-0.39, 0.29) is 29.2 Å². The molecule has 80 valence electrons. The van der Waals surface area contributed by atoms with Gasteiger partial charge in [0.25, 0.3) is 5.69 Å². The highest BCUT2D eigenvalue weighted by Gasteiger charge is 2.19. The van der Waals surface area contributed by atoms with Gasteiger partial charge in [0.2, 0.25) is 0 Å². The lowest BCUT2D eigenvalue weighted by atomic mass is 10.1. The number of nitro benzene ring substituents is 1. The fourth-order valence-electron chi connectivity index (χ4n) is 1.29. The molecule has 0 aliphatic rings. The number of nitrogens with zero attached hydrogens (tertiary/aromatic N) is 1. The summed E-state index contributed by atoms with van der Waals surface area (Å²) >= 11 is 0. The van der Waals surface area contributed by atoms with E-state index in [1.807, 2.05) is 0 Å². The van der Waals surface area contributed by atoms with Crippen LogP contribution in [0.25, 0.3) is 0 Å². The van der Waals surface area contributed by atoms with Crippen LogP contribution in [0.4, 0.5) is 5.69 Å². The van der Waals surface area contributed by atoms with Crippen molar-refractivity contribution < 1.29 is 14.8 Å². The van der Waals surface area contributed by atoms with Gasteiger partial charge in [0, 0.05) is 12.5 Å². The average Bonchev–Trinajstić information content (AvgIpc) is 2.20. The Balaban J connectivity index is 3.36. The van der Waals surface area contributed by atoms with Gasteiger partial charge in [-0.25, -0.2) is 0 Å². The van der Waals surface area contributed by atoms with E-state index in [1.165, 1.54) is 25.3 Å². The van der Waals surface area contributed by atoms with E-state index >= 15 is 0 Å². The Hall–Kier alpha value is -2.04. The molecule has 0 spiro atoms. The minimum absolute atomic E-state index is 0.131. The van der Waals surface area contributed by atoms with E-state index in [1.54, 1.807) is 0 Å². The molecule has 0 bridgehead atoms. The summed E-state index contributed by atoms with van der Waals surface area (Å²) in [5, 5.41) is 20.3. The first kappa shape index (κ1) is 11.0. The fraction of sp³-hybridized carbons (Fsp3) is 0.200. The lowest BCUT2D eigenvalue weighted by Crippen LogP contribution is -1.96. The van der Waals surface area contributed by atoms with Crippen molar-refractivity contribution in [3.05, 3.63) is 40.5 Å². The number of rotatable bonds is 4. The molecule has 0 amide bonds. The van der Waals surface area contributed by atoms with Crippen molar-refractivity contribution in [3.8, 4) is 11.5 Å². The number of allylic oxidation sites excluding steroid dienone is 1. The number of hydrogen-bond donors (Lipinski definition) is 1. The molecule has 15 heavy (non-hydrogen) atoms. The lowest BCUT2D eigenvalue weighted by molar-refractivity contribution is -0.385. The summed E-state index contributed by atoms with van der Waals surface area (Å²) in [5.41, 5.74) is 0.0857. The smallest absolute Gasteiger partial charge is 0.276 e. The highest BCUT2D eigenvalue weighted by Crippen LogP contribution is 2.36. The minimum Gasteiger partial charge on any atom is -0.504 e. The van der Waals surface area contributed by atoms with Crippen LogP contribution in [-0.2, 0) is 6.42 Å². The van der Waals surface area contributed by atoms with Crippen molar-refractivity contribution in [1.29, 1.82) is 0 Å². The number of phenolic OH excluding ortho intramolecular Hbond substituents is 1. The summed E-state index contributed by atoms with van der Waals surface area (Å²) in [6, 6.07) is 2.66. The summed E-state index contributed by atoms with van der Waals surface area (Å²) in [6.07, 6.45) is 1.71. The third kappa shape index (κ3) is 2.07. The number of nitro groups is 1. The lowest BCUT2D eigenvalue weighted by Gasteiger charge is -2.07. The van der Waals surface area contributed by atoms with Crippen LogP contribution in [0.15, 0.2) is 24.8 Å². The fourth-order valence-corrected chi connectivity index (χ4v) is 1.29. The van der Waals surface area contributed by atoms with Crippen molar-refractivity contribution >= 4 is 5.69 Å². The molecule has 0 atom stereocenters. The zero-order valence-electron chi connectivity index (χ0n) is 8.27. The Bertz CT molecular complexity index is 401. The van der Waals surface area contributed by atoms with E-state index in [9.17, 15) is 15.2 Å². The van der Waals surface area contributed by atoms with Crippen molar-refractivity contribution in [2.24, 2.45) is 0 Å². The molecule has 0 saturated heterocycles. The van der Waals surface area contributed by atoms with Gasteiger partial charge in [-0.15, -0.1) is 6.58 Å². The van der Waals surface area contributed by atoms with Crippen LogP contribution in [0, 0.1) is 10.1 Å². The molecule has 0 radical (unpaired) electrons. The summed E-state index contributed by atoms with van der Waals surface area (Å²) in [7, 11) is 1.39. The first-order valence-corrected chi connectivity index (χ1v) is 4.26. The van der Waals surface area contributed by atoms with Crippen LogP contribution in [0.3, 0.4) is 0 Å². The molecule has 0 saturated carbocycles. The number of ether oxygens (including phenoxy) is 1. The normalized spacial score (nSPS) is 9.67. The molecular weight excluding hydrogens is 198 g/mol. The molecule has 1 N–H and O–H groups in total. The van der Waals surface area contributed by atoms with Gasteiger partial charge in [-0.1, -0.05) is 6.08 Å². The molecule has 1 rings (SSSR count). The van der Waals surface area contributed by atoms with E-state index in [0.29, 0.717) is 0 Å². The molecule has 0 fully saturated rings. The average molecular weight is 209 g/mol. The van der Waals surface area contributed by atoms with E-state index in [4.69, 9.17) is 4.74 Å². The Morgan fingerprint density at radius 3 is 2.80 bits per heavy atom. The quantitative estimate of drug-likeness (QED) is 0.468. The number of benzene rings is 1. The van der Waals surface area contributed by atoms with Gasteiger partial charge in [-0.2, -0.15) is 0 Å². The standard InChI is InChI=1S/C10H11NO4/c1-3-4-7-8(11(13)14)5-6-9(15-2)10(7)12/h3,5-6,12H,1,4H2,2H3. The number of methoxy groups -OCH3 is 1. The molecule has 0 unspecified atom stereocenters. The van der Waals surface area contributed by atoms with Crippen LogP contribution < -0.4 is 4.74 Å². The second kappa shape index (κ2) is 4.45. The minimum atomic E-state index is -0.544. The topological polar surface area (TPSA) is 72.6 Å². The molecular formula is C10H11NO4. The maximum Gasteiger partial charge on any atom is 0.276 e. The Kier molecular flexibility index (Phi) is 3.28. The summed E-state index contributed by atoms with van der Waals surface area (Å²) in [4.78, 5) is 10.1. The van der Waals surface area contributed by atoms with Gasteiger partial charge in [-0.05, 0) is 6.07 Å². The molecule has 0 aliphatic heterocycles. The molecule has 1 aromatic rings. The van der Waals surface area contributed by atoms with Gasteiger partial charge in [0.15, 0.2) is 11.5 Å². The zero-order chi connectivity index (χ0) is 11.4. The van der Waals surface area contributed by atoms with Crippen molar-refractivity contribution in [2.75, 3.05) is 7.11 Å².